The van der Waals surface area contributed by atoms with Gasteiger partial charge in [0, 0.05) is 25.6 Å². The van der Waals surface area contributed by atoms with Crippen LogP contribution in [0, 0.1) is 10.1 Å². The van der Waals surface area contributed by atoms with Crippen LogP contribution < -0.4 is 10.6 Å². The lowest BCUT2D eigenvalue weighted by molar-refractivity contribution is -0.383. The monoisotopic (exact) mass is 503 g/mol. The molecule has 2 unspecified atom stereocenters. The Kier molecular flexibility index (Phi) is 11.9. The van der Waals surface area contributed by atoms with Gasteiger partial charge >= 0.3 is 5.69 Å². The molecule has 1 aromatic heterocycles. The highest BCUT2D eigenvalue weighted by atomic mass is 16.6. The number of unbranched alkanes of at least 4 members (excludes halogenated alkanes) is 9. The van der Waals surface area contributed by atoms with E-state index >= 15 is 0 Å². The van der Waals surface area contributed by atoms with E-state index in [0.717, 1.165) is 19.3 Å². The molecule has 10 heteroatoms. The van der Waals surface area contributed by atoms with Crippen molar-refractivity contribution in [2.24, 2.45) is 0 Å². The van der Waals surface area contributed by atoms with E-state index in [1.54, 1.807) is 6.07 Å². The Bertz CT molecular complexity index is 950. The number of aromatic nitrogens is 2. The normalized spacial score (nSPS) is 16.8. The topological polar surface area (TPSA) is 136 Å². The number of carbonyl (C=O) groups is 1. The van der Waals surface area contributed by atoms with Gasteiger partial charge in [-0.3, -0.25) is 14.9 Å². The van der Waals surface area contributed by atoms with Gasteiger partial charge in [-0.05, 0) is 35.6 Å². The molecule has 0 saturated carbocycles. The van der Waals surface area contributed by atoms with Gasteiger partial charge < -0.3 is 15.4 Å². The number of amides is 1. The average molecular weight is 504 g/mol. The van der Waals surface area contributed by atoms with E-state index in [9.17, 15) is 14.9 Å². The highest BCUT2D eigenvalue weighted by Gasteiger charge is 2.36. The fourth-order valence-electron chi connectivity index (χ4n) is 4.61. The highest BCUT2D eigenvalue weighted by Crippen LogP contribution is 2.32. The number of ether oxygens (including phenoxy) is 1. The SMILES string of the molecule is CCCCCCCCC1OC1CCCCCCCC(=O)NCCNc1ccc([N+](=O)[O-])c2nonc12. The van der Waals surface area contributed by atoms with Crippen molar-refractivity contribution < 1.29 is 19.1 Å². The lowest BCUT2D eigenvalue weighted by atomic mass is 10.0. The van der Waals surface area contributed by atoms with Gasteiger partial charge in [0.25, 0.3) is 0 Å². The molecule has 0 bridgehead atoms. The molecule has 1 aliphatic heterocycles. The quantitative estimate of drug-likeness (QED) is 0.0985. The fourth-order valence-corrected chi connectivity index (χ4v) is 4.61. The summed E-state index contributed by atoms with van der Waals surface area (Å²) in [7, 11) is 0. The summed E-state index contributed by atoms with van der Waals surface area (Å²) in [6.07, 6.45) is 17.6. The summed E-state index contributed by atoms with van der Waals surface area (Å²) in [4.78, 5) is 22.6. The van der Waals surface area contributed by atoms with Crippen molar-refractivity contribution in [1.82, 2.24) is 15.6 Å². The Labute approximate surface area is 213 Å². The summed E-state index contributed by atoms with van der Waals surface area (Å²) < 4.78 is 10.5. The standard InChI is InChI=1S/C26H41N5O5/c1-2-3-4-5-7-10-13-22-23(35-22)14-11-8-6-9-12-15-24(32)28-19-18-27-20-16-17-21(31(33)34)26-25(20)29-36-30-26/h16-17,22-23,27H,2-15,18-19H2,1H3,(H,28,32). The molecular formula is C26H41N5O5. The predicted octanol–water partition coefficient (Wildman–Crippen LogP) is 5.91. The lowest BCUT2D eigenvalue weighted by Gasteiger charge is -2.08. The van der Waals surface area contributed by atoms with Gasteiger partial charge in [0.05, 0.1) is 22.8 Å². The number of nitrogens with zero attached hydrogens (tertiary/aromatic N) is 3. The average Bonchev–Trinajstić information content (AvgIpc) is 3.42. The van der Waals surface area contributed by atoms with E-state index in [-0.39, 0.29) is 17.1 Å². The van der Waals surface area contributed by atoms with Crippen LogP contribution in [0.4, 0.5) is 11.4 Å². The first kappa shape index (κ1) is 27.8. The van der Waals surface area contributed by atoms with Crippen LogP contribution in [-0.2, 0) is 9.53 Å². The Hall–Kier alpha value is -2.75. The lowest BCUT2D eigenvalue weighted by Crippen LogP contribution is -2.28. The number of nitro benzene ring substituents is 1. The number of epoxide rings is 1. The molecular weight excluding hydrogens is 462 g/mol. The zero-order valence-corrected chi connectivity index (χ0v) is 21.5. The van der Waals surface area contributed by atoms with E-state index < -0.39 is 4.92 Å². The third-order valence-electron chi connectivity index (χ3n) is 6.78. The number of anilines is 1. The molecule has 200 valence electrons. The maximum Gasteiger partial charge on any atom is 0.300 e. The molecule has 36 heavy (non-hydrogen) atoms. The minimum absolute atomic E-state index is 0.0395. The number of rotatable bonds is 20. The minimum Gasteiger partial charge on any atom is -0.381 e. The smallest absolute Gasteiger partial charge is 0.300 e. The predicted molar refractivity (Wildman–Crippen MR) is 139 cm³/mol. The third-order valence-corrected chi connectivity index (χ3v) is 6.78. The summed E-state index contributed by atoms with van der Waals surface area (Å²) in [6, 6.07) is 2.93. The van der Waals surface area contributed by atoms with Crippen molar-refractivity contribution in [2.75, 3.05) is 18.4 Å². The van der Waals surface area contributed by atoms with Crippen molar-refractivity contribution in [2.45, 2.75) is 109 Å². The van der Waals surface area contributed by atoms with E-state index in [1.807, 2.05) is 0 Å². The second-order valence-corrected chi connectivity index (χ2v) is 9.70. The summed E-state index contributed by atoms with van der Waals surface area (Å²) in [5.74, 6) is 0.0395. The van der Waals surface area contributed by atoms with Gasteiger partial charge in [-0.15, -0.1) is 0 Å². The van der Waals surface area contributed by atoms with Crippen molar-refractivity contribution in [3.63, 3.8) is 0 Å². The van der Waals surface area contributed by atoms with Crippen LogP contribution in [0.15, 0.2) is 16.8 Å². The summed E-state index contributed by atoms with van der Waals surface area (Å²) >= 11 is 0. The van der Waals surface area contributed by atoms with Gasteiger partial charge in [-0.1, -0.05) is 71.1 Å². The van der Waals surface area contributed by atoms with Crippen molar-refractivity contribution >= 4 is 28.3 Å². The molecule has 0 spiro atoms. The number of nitro groups is 1. The number of carbonyl (C=O) groups excluding carboxylic acids is 1. The highest BCUT2D eigenvalue weighted by molar-refractivity contribution is 5.93. The number of fused-ring (bicyclic) bond motifs is 1. The fraction of sp³-hybridized carbons (Fsp3) is 0.731. The first-order chi connectivity index (χ1) is 17.6. The van der Waals surface area contributed by atoms with Gasteiger partial charge in [0.1, 0.15) is 0 Å². The molecule has 1 amide bonds. The molecule has 10 nitrogen and oxygen atoms in total. The number of benzene rings is 1. The Morgan fingerprint density at radius 2 is 1.56 bits per heavy atom. The Morgan fingerprint density at radius 3 is 2.25 bits per heavy atom. The van der Waals surface area contributed by atoms with Crippen LogP contribution in [0.5, 0.6) is 0 Å². The number of hydrogen-bond acceptors (Lipinski definition) is 8. The second-order valence-electron chi connectivity index (χ2n) is 9.70. The molecule has 1 saturated heterocycles. The van der Waals surface area contributed by atoms with Gasteiger partial charge in [0.15, 0.2) is 5.52 Å². The first-order valence-corrected chi connectivity index (χ1v) is 13.7. The molecule has 2 atom stereocenters. The maximum atomic E-state index is 12.1. The Morgan fingerprint density at radius 1 is 0.917 bits per heavy atom. The molecule has 1 aromatic carbocycles. The number of non-ortho nitro benzene ring substituents is 1. The van der Waals surface area contributed by atoms with Crippen LogP contribution in [-0.4, -0.2) is 46.4 Å². The molecule has 2 aromatic rings. The van der Waals surface area contributed by atoms with Crippen LogP contribution in [0.25, 0.3) is 11.0 Å². The third kappa shape index (κ3) is 9.37. The van der Waals surface area contributed by atoms with Crippen LogP contribution in [0.1, 0.15) is 96.8 Å². The van der Waals surface area contributed by atoms with Crippen molar-refractivity contribution in [1.29, 1.82) is 0 Å². The molecule has 1 aliphatic rings. The largest absolute Gasteiger partial charge is 0.381 e. The second kappa shape index (κ2) is 15.4. The summed E-state index contributed by atoms with van der Waals surface area (Å²) in [5.41, 5.74) is 0.832. The van der Waals surface area contributed by atoms with Crippen molar-refractivity contribution in [3.05, 3.63) is 22.2 Å². The Balaban J connectivity index is 1.14. The van der Waals surface area contributed by atoms with Crippen molar-refractivity contribution in [3.8, 4) is 0 Å². The molecule has 0 aliphatic carbocycles. The maximum absolute atomic E-state index is 12.1. The van der Waals surface area contributed by atoms with E-state index in [4.69, 9.17) is 4.74 Å². The summed E-state index contributed by atoms with van der Waals surface area (Å²) in [5, 5.41) is 24.4. The first-order valence-electron chi connectivity index (χ1n) is 13.7. The number of hydrogen-bond donors (Lipinski definition) is 2. The molecule has 1 fully saturated rings. The van der Waals surface area contributed by atoms with E-state index in [0.29, 0.717) is 42.9 Å². The van der Waals surface area contributed by atoms with Crippen LogP contribution >= 0.6 is 0 Å². The molecule has 3 rings (SSSR count). The summed E-state index contributed by atoms with van der Waals surface area (Å²) in [6.45, 7) is 3.17. The molecule has 0 radical (unpaired) electrons. The van der Waals surface area contributed by atoms with Gasteiger partial charge in [-0.25, -0.2) is 4.63 Å². The zero-order chi connectivity index (χ0) is 25.6. The molecule has 2 N–H and O–H groups in total. The van der Waals surface area contributed by atoms with E-state index in [2.05, 4.69) is 32.5 Å². The number of nitrogens with one attached hydrogen (secondary N) is 2. The van der Waals surface area contributed by atoms with Gasteiger partial charge in [0.2, 0.25) is 11.4 Å². The van der Waals surface area contributed by atoms with Gasteiger partial charge in [-0.2, -0.15) is 0 Å². The van der Waals surface area contributed by atoms with Crippen LogP contribution in [0.2, 0.25) is 0 Å². The van der Waals surface area contributed by atoms with E-state index in [1.165, 1.54) is 70.3 Å². The minimum atomic E-state index is -0.522. The zero-order valence-electron chi connectivity index (χ0n) is 21.5. The molecule has 2 heterocycles. The van der Waals surface area contributed by atoms with Crippen LogP contribution in [0.3, 0.4) is 0 Å².